The first kappa shape index (κ1) is 17.7. The van der Waals surface area contributed by atoms with Crippen LogP contribution in [-0.2, 0) is 4.74 Å². The number of hydrogen-bond donors (Lipinski definition) is 1. The van der Waals surface area contributed by atoms with Gasteiger partial charge in [-0.2, -0.15) is 0 Å². The van der Waals surface area contributed by atoms with Crippen LogP contribution in [-0.4, -0.2) is 31.6 Å². The molecule has 1 N–H and O–H groups in total. The Morgan fingerprint density at radius 2 is 2.11 bits per heavy atom. The minimum absolute atomic E-state index is 0.167. The fourth-order valence-electron chi connectivity index (χ4n) is 2.52. The first-order chi connectivity index (χ1) is 8.52. The van der Waals surface area contributed by atoms with Crippen LogP contribution in [0.5, 0.6) is 0 Å². The van der Waals surface area contributed by atoms with Gasteiger partial charge in [0.25, 0.3) is 0 Å². The molecule has 1 aliphatic heterocycles. The van der Waals surface area contributed by atoms with Crippen molar-refractivity contribution in [1.29, 1.82) is 0 Å². The van der Waals surface area contributed by atoms with Gasteiger partial charge in [0.05, 0.1) is 16.8 Å². The second-order valence-corrected chi connectivity index (χ2v) is 8.80. The molecule has 0 aromatic rings. The molecule has 2 nitrogen and oxygen atoms in total. The molecule has 0 aromatic heterocycles. The number of rotatable bonds is 5. The normalized spacial score (nSPS) is 35.4. The molecule has 19 heavy (non-hydrogen) atoms. The maximum atomic E-state index is 10.0. The predicted octanol–water partition coefficient (Wildman–Crippen LogP) is 4.58. The van der Waals surface area contributed by atoms with Crippen LogP contribution in [0.3, 0.4) is 0 Å². The highest BCUT2D eigenvalue weighted by atomic mass is 79.9. The Labute approximate surface area is 134 Å². The zero-order chi connectivity index (χ0) is 14.9. The lowest BCUT2D eigenvalue weighted by atomic mass is 9.83. The summed E-state index contributed by atoms with van der Waals surface area (Å²) in [5.41, 5.74) is -1.16. The second-order valence-electron chi connectivity index (χ2n) is 6.59. The van der Waals surface area contributed by atoms with Gasteiger partial charge in [-0.1, -0.05) is 37.9 Å². The van der Waals surface area contributed by atoms with Crippen molar-refractivity contribution >= 4 is 31.9 Å². The highest BCUT2D eigenvalue weighted by molar-refractivity contribution is 9.09. The van der Waals surface area contributed by atoms with E-state index in [0.29, 0.717) is 11.2 Å². The number of alkyl halides is 2. The average Bonchev–Trinajstić information content (AvgIpc) is 2.31. The topological polar surface area (TPSA) is 29.5 Å². The van der Waals surface area contributed by atoms with Crippen molar-refractivity contribution in [2.75, 3.05) is 0 Å². The number of halogens is 2. The lowest BCUT2D eigenvalue weighted by Crippen LogP contribution is -2.53. The minimum Gasteiger partial charge on any atom is -0.386 e. The summed E-state index contributed by atoms with van der Waals surface area (Å²) in [6.45, 7) is 11.9. The first-order valence-electron chi connectivity index (χ1n) is 6.87. The van der Waals surface area contributed by atoms with E-state index in [1.165, 1.54) is 0 Å². The van der Waals surface area contributed by atoms with Gasteiger partial charge >= 0.3 is 0 Å². The molecule has 0 saturated carbocycles. The largest absolute Gasteiger partial charge is 0.386 e. The second kappa shape index (κ2) is 6.17. The molecule has 1 saturated heterocycles. The summed E-state index contributed by atoms with van der Waals surface area (Å²) in [7, 11) is 0. The van der Waals surface area contributed by atoms with E-state index in [1.54, 1.807) is 13.0 Å². The van der Waals surface area contributed by atoms with Gasteiger partial charge < -0.3 is 9.84 Å². The quantitative estimate of drug-likeness (QED) is 0.543. The van der Waals surface area contributed by atoms with Gasteiger partial charge in [0, 0.05) is 9.65 Å². The Morgan fingerprint density at radius 3 is 2.58 bits per heavy atom. The van der Waals surface area contributed by atoms with E-state index in [2.05, 4.69) is 59.2 Å². The maximum absolute atomic E-state index is 10.0. The van der Waals surface area contributed by atoms with Gasteiger partial charge in [0.15, 0.2) is 0 Å². The molecule has 1 heterocycles. The monoisotopic (exact) mass is 396 g/mol. The fraction of sp³-hybridized carbons (Fsp3) is 0.867. The number of hydrogen-bond acceptors (Lipinski definition) is 2. The molecule has 0 bridgehead atoms. The van der Waals surface area contributed by atoms with E-state index in [0.717, 1.165) is 19.3 Å². The van der Waals surface area contributed by atoms with E-state index >= 15 is 0 Å². The van der Waals surface area contributed by atoms with Crippen molar-refractivity contribution in [1.82, 2.24) is 0 Å². The van der Waals surface area contributed by atoms with Gasteiger partial charge in [-0.15, -0.1) is 6.58 Å². The van der Waals surface area contributed by atoms with Gasteiger partial charge in [-0.3, -0.25) is 0 Å². The molecule has 4 unspecified atom stereocenters. The standard InChI is InChI=1S/C15H26Br2O2/c1-6-14(4,18)9-7-12(17)15(5)10-8-11(16)13(2,3)19-15/h6,11-12,18H,1,7-10H2,2-5H3. The van der Waals surface area contributed by atoms with E-state index in [1.807, 2.05) is 0 Å². The summed E-state index contributed by atoms with van der Waals surface area (Å²) in [4.78, 5) is 0.620. The van der Waals surface area contributed by atoms with Crippen molar-refractivity contribution in [2.45, 2.75) is 79.8 Å². The van der Waals surface area contributed by atoms with Crippen molar-refractivity contribution < 1.29 is 9.84 Å². The van der Waals surface area contributed by atoms with Crippen LogP contribution < -0.4 is 0 Å². The van der Waals surface area contributed by atoms with E-state index in [4.69, 9.17) is 4.74 Å². The molecule has 0 aromatic carbocycles. The van der Waals surface area contributed by atoms with E-state index < -0.39 is 5.60 Å². The lowest BCUT2D eigenvalue weighted by Gasteiger charge is -2.48. The van der Waals surface area contributed by atoms with Crippen LogP contribution in [0.25, 0.3) is 0 Å². The van der Waals surface area contributed by atoms with Gasteiger partial charge in [-0.05, 0) is 53.4 Å². The molecule has 0 amide bonds. The Balaban J connectivity index is 2.65. The van der Waals surface area contributed by atoms with Crippen LogP contribution in [0.2, 0.25) is 0 Å². The molecule has 0 aliphatic carbocycles. The zero-order valence-electron chi connectivity index (χ0n) is 12.4. The molecule has 0 spiro atoms. The molecule has 1 aliphatic rings. The molecule has 112 valence electrons. The third-order valence-corrected chi connectivity index (χ3v) is 7.14. The van der Waals surface area contributed by atoms with Crippen LogP contribution in [0, 0.1) is 0 Å². The van der Waals surface area contributed by atoms with Crippen molar-refractivity contribution in [3.63, 3.8) is 0 Å². The molecular formula is C15H26Br2O2. The summed E-state index contributed by atoms with van der Waals surface area (Å²) < 4.78 is 6.33. The van der Waals surface area contributed by atoms with E-state index in [-0.39, 0.29) is 16.0 Å². The van der Waals surface area contributed by atoms with Crippen LogP contribution in [0.4, 0.5) is 0 Å². The Bertz CT molecular complexity index is 328. The SMILES string of the molecule is C=CC(C)(O)CCC(Br)C1(C)CCC(Br)C(C)(C)O1. The lowest BCUT2D eigenvalue weighted by molar-refractivity contribution is -0.160. The zero-order valence-corrected chi connectivity index (χ0v) is 15.6. The first-order valence-corrected chi connectivity index (χ1v) is 8.70. The molecule has 4 atom stereocenters. The highest BCUT2D eigenvalue weighted by Crippen LogP contribution is 2.43. The highest BCUT2D eigenvalue weighted by Gasteiger charge is 2.46. The maximum Gasteiger partial charge on any atom is 0.0797 e. The summed E-state index contributed by atoms with van der Waals surface area (Å²) in [6, 6.07) is 0. The summed E-state index contributed by atoms with van der Waals surface area (Å²) in [6.07, 6.45) is 5.26. The summed E-state index contributed by atoms with van der Waals surface area (Å²) in [5.74, 6) is 0. The molecule has 1 fully saturated rings. The fourth-order valence-corrected chi connectivity index (χ4v) is 3.40. The average molecular weight is 398 g/mol. The van der Waals surface area contributed by atoms with Crippen molar-refractivity contribution in [2.24, 2.45) is 0 Å². The minimum atomic E-state index is -0.801. The summed E-state index contributed by atoms with van der Waals surface area (Å²) >= 11 is 7.46. The van der Waals surface area contributed by atoms with E-state index in [9.17, 15) is 5.11 Å². The van der Waals surface area contributed by atoms with Gasteiger partial charge in [0.1, 0.15) is 0 Å². The van der Waals surface area contributed by atoms with Crippen molar-refractivity contribution in [3.05, 3.63) is 12.7 Å². The number of ether oxygens (including phenoxy) is 1. The Kier molecular flexibility index (Phi) is 5.73. The molecule has 0 radical (unpaired) electrons. The van der Waals surface area contributed by atoms with Gasteiger partial charge in [-0.25, -0.2) is 0 Å². The Hall–Kier alpha value is 0.620. The van der Waals surface area contributed by atoms with Crippen molar-refractivity contribution in [3.8, 4) is 0 Å². The van der Waals surface area contributed by atoms with Gasteiger partial charge in [0.2, 0.25) is 0 Å². The molecule has 1 rings (SSSR count). The smallest absolute Gasteiger partial charge is 0.0797 e. The van der Waals surface area contributed by atoms with Crippen LogP contribution in [0.15, 0.2) is 12.7 Å². The third kappa shape index (κ3) is 4.55. The predicted molar refractivity (Wildman–Crippen MR) is 88.3 cm³/mol. The van der Waals surface area contributed by atoms with Crippen LogP contribution >= 0.6 is 31.9 Å². The molecular weight excluding hydrogens is 372 g/mol. The number of aliphatic hydroxyl groups is 1. The molecule has 4 heteroatoms. The third-order valence-electron chi connectivity index (χ3n) is 4.15. The summed E-state index contributed by atoms with van der Waals surface area (Å²) in [5, 5.41) is 10.0. The Morgan fingerprint density at radius 1 is 1.53 bits per heavy atom. The van der Waals surface area contributed by atoms with Crippen LogP contribution in [0.1, 0.15) is 53.4 Å².